The zero-order chi connectivity index (χ0) is 16.4. The Kier molecular flexibility index (Phi) is 4.03. The summed E-state index contributed by atoms with van der Waals surface area (Å²) < 4.78 is 5.75. The lowest BCUT2D eigenvalue weighted by Gasteiger charge is -2.26. The Morgan fingerprint density at radius 1 is 1.26 bits per heavy atom. The Morgan fingerprint density at radius 2 is 1.96 bits per heavy atom. The van der Waals surface area contributed by atoms with E-state index in [1.807, 2.05) is 30.0 Å². The van der Waals surface area contributed by atoms with Crippen LogP contribution in [0.2, 0.25) is 0 Å². The Labute approximate surface area is 135 Å². The zero-order valence-electron chi connectivity index (χ0n) is 13.2. The van der Waals surface area contributed by atoms with Gasteiger partial charge in [0.15, 0.2) is 6.10 Å². The highest BCUT2D eigenvalue weighted by atomic mass is 16.5. The van der Waals surface area contributed by atoms with Gasteiger partial charge in [0.25, 0.3) is 5.91 Å². The van der Waals surface area contributed by atoms with E-state index in [4.69, 9.17) is 10.00 Å². The van der Waals surface area contributed by atoms with Crippen LogP contribution >= 0.6 is 0 Å². The van der Waals surface area contributed by atoms with Gasteiger partial charge in [-0.25, -0.2) is 0 Å². The standard InChI is InChI=1S/C19H18N2O2/c1-13-11-16-5-3-4-6-18(16)21(13)19(22)14(2)23-17-9-7-15(12-20)8-10-17/h3-10,13-14H,11H2,1-2H3/t13-,14+/m1/s1. The predicted molar refractivity (Wildman–Crippen MR) is 88.3 cm³/mol. The SMILES string of the molecule is C[C@H](Oc1ccc(C#N)cc1)C(=O)N1c2ccccc2C[C@H]1C. The van der Waals surface area contributed by atoms with Gasteiger partial charge in [-0.2, -0.15) is 5.26 Å². The molecule has 0 bridgehead atoms. The second kappa shape index (κ2) is 6.13. The number of amides is 1. The van der Waals surface area contributed by atoms with Crippen LogP contribution in [0, 0.1) is 11.3 Å². The number of hydrogen-bond donors (Lipinski definition) is 0. The van der Waals surface area contributed by atoms with E-state index in [-0.39, 0.29) is 11.9 Å². The summed E-state index contributed by atoms with van der Waals surface area (Å²) in [5, 5.41) is 8.81. The smallest absolute Gasteiger partial charge is 0.268 e. The second-order valence-corrected chi connectivity index (χ2v) is 5.79. The molecule has 0 saturated carbocycles. The first kappa shape index (κ1) is 15.1. The van der Waals surface area contributed by atoms with Gasteiger partial charge in [-0.1, -0.05) is 18.2 Å². The number of benzene rings is 2. The molecule has 0 radical (unpaired) electrons. The summed E-state index contributed by atoms with van der Waals surface area (Å²) >= 11 is 0. The van der Waals surface area contributed by atoms with Gasteiger partial charge in [0, 0.05) is 11.7 Å². The summed E-state index contributed by atoms with van der Waals surface area (Å²) in [5.74, 6) is 0.539. The van der Waals surface area contributed by atoms with E-state index in [9.17, 15) is 4.79 Å². The van der Waals surface area contributed by atoms with Crippen molar-refractivity contribution in [2.45, 2.75) is 32.4 Å². The fourth-order valence-electron chi connectivity index (χ4n) is 2.96. The van der Waals surface area contributed by atoms with Crippen molar-refractivity contribution in [3.63, 3.8) is 0 Å². The number of hydrogen-bond acceptors (Lipinski definition) is 3. The van der Waals surface area contributed by atoms with Crippen molar-refractivity contribution in [2.24, 2.45) is 0 Å². The molecule has 0 aliphatic carbocycles. The largest absolute Gasteiger partial charge is 0.481 e. The van der Waals surface area contributed by atoms with Crippen LogP contribution in [-0.2, 0) is 11.2 Å². The summed E-state index contributed by atoms with van der Waals surface area (Å²) in [6, 6.07) is 17.0. The molecule has 2 aromatic rings. The minimum absolute atomic E-state index is 0.0493. The topological polar surface area (TPSA) is 53.3 Å². The second-order valence-electron chi connectivity index (χ2n) is 5.79. The van der Waals surface area contributed by atoms with Crippen LogP contribution in [0.15, 0.2) is 48.5 Å². The van der Waals surface area contributed by atoms with Crippen LogP contribution in [0.4, 0.5) is 5.69 Å². The minimum Gasteiger partial charge on any atom is -0.481 e. The quantitative estimate of drug-likeness (QED) is 0.874. The highest BCUT2D eigenvalue weighted by Gasteiger charge is 2.33. The average Bonchev–Trinajstić information content (AvgIpc) is 2.90. The molecule has 0 aromatic heterocycles. The van der Waals surface area contributed by atoms with Crippen LogP contribution in [0.1, 0.15) is 25.0 Å². The molecule has 0 saturated heterocycles. The highest BCUT2D eigenvalue weighted by Crippen LogP contribution is 2.32. The van der Waals surface area contributed by atoms with E-state index in [1.165, 1.54) is 5.56 Å². The van der Waals surface area contributed by atoms with Gasteiger partial charge in [0.05, 0.1) is 11.6 Å². The average molecular weight is 306 g/mol. The molecule has 1 heterocycles. The molecular weight excluding hydrogens is 288 g/mol. The van der Waals surface area contributed by atoms with Gasteiger partial charge in [0.2, 0.25) is 0 Å². The molecule has 23 heavy (non-hydrogen) atoms. The number of rotatable bonds is 3. The van der Waals surface area contributed by atoms with Gasteiger partial charge < -0.3 is 9.64 Å². The lowest BCUT2D eigenvalue weighted by molar-refractivity contribution is -0.124. The first-order valence-electron chi connectivity index (χ1n) is 7.68. The van der Waals surface area contributed by atoms with Gasteiger partial charge in [-0.05, 0) is 56.2 Å². The van der Waals surface area contributed by atoms with Gasteiger partial charge >= 0.3 is 0 Å². The van der Waals surface area contributed by atoms with E-state index in [2.05, 4.69) is 12.1 Å². The van der Waals surface area contributed by atoms with Crippen LogP contribution in [0.25, 0.3) is 0 Å². The maximum atomic E-state index is 12.8. The summed E-state index contributed by atoms with van der Waals surface area (Å²) in [7, 11) is 0. The molecule has 0 fully saturated rings. The summed E-state index contributed by atoms with van der Waals surface area (Å²) in [6.07, 6.45) is 0.280. The molecule has 0 unspecified atom stereocenters. The van der Waals surface area contributed by atoms with Crippen LogP contribution in [0.5, 0.6) is 5.75 Å². The first-order valence-corrected chi connectivity index (χ1v) is 7.68. The maximum Gasteiger partial charge on any atom is 0.268 e. The number of fused-ring (bicyclic) bond motifs is 1. The third kappa shape index (κ3) is 2.91. The lowest BCUT2D eigenvalue weighted by Crippen LogP contribution is -2.43. The molecule has 2 atom stereocenters. The van der Waals surface area contributed by atoms with Crippen molar-refractivity contribution in [3.05, 3.63) is 59.7 Å². The Hall–Kier alpha value is -2.80. The predicted octanol–water partition coefficient (Wildman–Crippen LogP) is 3.30. The number of anilines is 1. The van der Waals surface area contributed by atoms with E-state index in [0.29, 0.717) is 11.3 Å². The molecule has 1 aliphatic heterocycles. The molecule has 0 spiro atoms. The zero-order valence-corrected chi connectivity index (χ0v) is 13.2. The van der Waals surface area contributed by atoms with Crippen LogP contribution in [0.3, 0.4) is 0 Å². The minimum atomic E-state index is -0.587. The third-order valence-corrected chi connectivity index (χ3v) is 4.09. The lowest BCUT2D eigenvalue weighted by atomic mass is 10.1. The van der Waals surface area contributed by atoms with Crippen LogP contribution < -0.4 is 9.64 Å². The van der Waals surface area contributed by atoms with Gasteiger partial charge in [-0.3, -0.25) is 4.79 Å². The molecular formula is C19H18N2O2. The highest BCUT2D eigenvalue weighted by molar-refractivity contribution is 5.99. The number of para-hydroxylation sites is 1. The molecule has 116 valence electrons. The molecule has 1 aliphatic rings. The van der Waals surface area contributed by atoms with Crippen molar-refractivity contribution in [1.82, 2.24) is 0 Å². The summed E-state index contributed by atoms with van der Waals surface area (Å²) in [5.41, 5.74) is 2.73. The van der Waals surface area contributed by atoms with Crippen molar-refractivity contribution >= 4 is 11.6 Å². The number of nitriles is 1. The Balaban J connectivity index is 1.76. The molecule has 4 nitrogen and oxygen atoms in total. The van der Waals surface area contributed by atoms with Crippen molar-refractivity contribution in [2.75, 3.05) is 4.90 Å². The number of carbonyl (C=O) groups excluding carboxylic acids is 1. The number of carbonyl (C=O) groups is 1. The van der Waals surface area contributed by atoms with E-state index in [1.54, 1.807) is 31.2 Å². The van der Waals surface area contributed by atoms with E-state index < -0.39 is 6.10 Å². The van der Waals surface area contributed by atoms with Crippen molar-refractivity contribution in [3.8, 4) is 11.8 Å². The monoisotopic (exact) mass is 306 g/mol. The summed E-state index contributed by atoms with van der Waals surface area (Å²) in [4.78, 5) is 14.6. The third-order valence-electron chi connectivity index (χ3n) is 4.09. The molecule has 3 rings (SSSR count). The van der Waals surface area contributed by atoms with Gasteiger partial charge in [-0.15, -0.1) is 0 Å². The van der Waals surface area contributed by atoms with Crippen molar-refractivity contribution < 1.29 is 9.53 Å². The normalized spacial score (nSPS) is 17.3. The maximum absolute atomic E-state index is 12.8. The molecule has 4 heteroatoms. The molecule has 0 N–H and O–H groups in total. The number of ether oxygens (including phenoxy) is 1. The number of nitrogens with zero attached hydrogens (tertiary/aromatic N) is 2. The fourth-order valence-corrected chi connectivity index (χ4v) is 2.96. The molecule has 2 aromatic carbocycles. The van der Waals surface area contributed by atoms with Crippen LogP contribution in [-0.4, -0.2) is 18.1 Å². The van der Waals surface area contributed by atoms with E-state index in [0.717, 1.165) is 12.1 Å². The molecule has 1 amide bonds. The fraction of sp³-hybridized carbons (Fsp3) is 0.263. The first-order chi connectivity index (χ1) is 11.1. The van der Waals surface area contributed by atoms with E-state index >= 15 is 0 Å². The van der Waals surface area contributed by atoms with Crippen molar-refractivity contribution in [1.29, 1.82) is 5.26 Å². The Morgan fingerprint density at radius 3 is 2.65 bits per heavy atom. The Bertz CT molecular complexity index is 762. The summed E-state index contributed by atoms with van der Waals surface area (Å²) in [6.45, 7) is 3.81. The van der Waals surface area contributed by atoms with Gasteiger partial charge in [0.1, 0.15) is 5.75 Å².